The molecule has 1 amide bonds. The second-order valence-electron chi connectivity index (χ2n) is 4.66. The molecule has 1 aromatic heterocycles. The fraction of sp³-hybridized carbons (Fsp3) is 0.286. The molecule has 122 valence electrons. The van der Waals surface area contributed by atoms with Crippen LogP contribution in [0.3, 0.4) is 0 Å². The summed E-state index contributed by atoms with van der Waals surface area (Å²) in [7, 11) is 1.59. The van der Waals surface area contributed by atoms with Crippen molar-refractivity contribution in [3.8, 4) is 5.75 Å². The van der Waals surface area contributed by atoms with Crippen LogP contribution in [0.5, 0.6) is 5.75 Å². The van der Waals surface area contributed by atoms with Gasteiger partial charge in [-0.15, -0.1) is 10.2 Å². The molecule has 3 N–H and O–H groups in total. The van der Waals surface area contributed by atoms with E-state index in [4.69, 9.17) is 10.6 Å². The Morgan fingerprint density at radius 3 is 2.96 bits per heavy atom. The van der Waals surface area contributed by atoms with Crippen LogP contribution in [0.15, 0.2) is 34.2 Å². The molecule has 1 aromatic carbocycles. The molecule has 0 fully saturated rings. The van der Waals surface area contributed by atoms with Crippen molar-refractivity contribution < 1.29 is 9.53 Å². The van der Waals surface area contributed by atoms with Crippen molar-refractivity contribution in [1.82, 2.24) is 20.2 Å². The van der Waals surface area contributed by atoms with Gasteiger partial charge < -0.3 is 15.9 Å². The molecule has 1 heterocycles. The SMILES string of the molecule is COc1cccc(CNC(=O)CSc2nnc(C)c(=O)n2N)c1. The highest BCUT2D eigenvalue weighted by atomic mass is 32.2. The van der Waals surface area contributed by atoms with Gasteiger partial charge in [0.1, 0.15) is 11.4 Å². The molecule has 0 aliphatic carbocycles. The number of rotatable bonds is 6. The molecule has 9 heteroatoms. The number of nitrogens with one attached hydrogen (secondary N) is 1. The molecule has 0 spiro atoms. The van der Waals surface area contributed by atoms with Gasteiger partial charge in [0.2, 0.25) is 11.1 Å². The van der Waals surface area contributed by atoms with E-state index in [0.717, 1.165) is 27.8 Å². The minimum atomic E-state index is -0.431. The monoisotopic (exact) mass is 335 g/mol. The summed E-state index contributed by atoms with van der Waals surface area (Å²) in [6, 6.07) is 7.41. The molecular weight excluding hydrogens is 318 g/mol. The highest BCUT2D eigenvalue weighted by Gasteiger charge is 2.10. The molecule has 0 unspecified atom stereocenters. The second-order valence-corrected chi connectivity index (χ2v) is 5.60. The van der Waals surface area contributed by atoms with E-state index in [1.165, 1.54) is 6.92 Å². The Labute approximate surface area is 137 Å². The van der Waals surface area contributed by atoms with Crippen molar-refractivity contribution in [3.63, 3.8) is 0 Å². The van der Waals surface area contributed by atoms with Crippen molar-refractivity contribution in [3.05, 3.63) is 45.9 Å². The van der Waals surface area contributed by atoms with Gasteiger partial charge in [-0.05, 0) is 24.6 Å². The Morgan fingerprint density at radius 1 is 1.43 bits per heavy atom. The van der Waals surface area contributed by atoms with Crippen molar-refractivity contribution in [2.75, 3.05) is 18.7 Å². The lowest BCUT2D eigenvalue weighted by atomic mass is 10.2. The maximum absolute atomic E-state index is 11.9. The van der Waals surface area contributed by atoms with E-state index in [1.807, 2.05) is 24.3 Å². The largest absolute Gasteiger partial charge is 0.497 e. The average molecular weight is 335 g/mol. The molecule has 8 nitrogen and oxygen atoms in total. The van der Waals surface area contributed by atoms with Crippen molar-refractivity contribution in [1.29, 1.82) is 0 Å². The summed E-state index contributed by atoms with van der Waals surface area (Å²) >= 11 is 1.05. The zero-order chi connectivity index (χ0) is 16.8. The number of ether oxygens (including phenoxy) is 1. The molecule has 0 bridgehead atoms. The highest BCUT2D eigenvalue weighted by molar-refractivity contribution is 7.99. The Bertz CT molecular complexity index is 762. The minimum Gasteiger partial charge on any atom is -0.497 e. The summed E-state index contributed by atoms with van der Waals surface area (Å²) in [6.07, 6.45) is 0. The van der Waals surface area contributed by atoms with Crippen LogP contribution in [0.2, 0.25) is 0 Å². The third kappa shape index (κ3) is 4.46. The van der Waals surface area contributed by atoms with E-state index >= 15 is 0 Å². The number of hydrogen-bond acceptors (Lipinski definition) is 7. The van der Waals surface area contributed by atoms with E-state index in [9.17, 15) is 9.59 Å². The number of carbonyl (C=O) groups is 1. The predicted molar refractivity (Wildman–Crippen MR) is 86.7 cm³/mol. The summed E-state index contributed by atoms with van der Waals surface area (Å²) in [5, 5.41) is 10.5. The molecule has 0 radical (unpaired) electrons. The van der Waals surface area contributed by atoms with Gasteiger partial charge in [0.15, 0.2) is 0 Å². The number of carbonyl (C=O) groups excluding carboxylic acids is 1. The van der Waals surface area contributed by atoms with Crippen LogP contribution in [-0.4, -0.2) is 33.6 Å². The Hall–Kier alpha value is -2.55. The summed E-state index contributed by atoms with van der Waals surface area (Å²) in [5.74, 6) is 6.21. The summed E-state index contributed by atoms with van der Waals surface area (Å²) in [6.45, 7) is 1.90. The topological polar surface area (TPSA) is 112 Å². The molecule has 2 rings (SSSR count). The van der Waals surface area contributed by atoms with E-state index in [2.05, 4.69) is 15.5 Å². The van der Waals surface area contributed by atoms with Gasteiger partial charge in [-0.2, -0.15) is 4.68 Å². The van der Waals surface area contributed by atoms with Gasteiger partial charge in [0.25, 0.3) is 5.56 Å². The Balaban J connectivity index is 1.88. The first-order valence-electron chi connectivity index (χ1n) is 6.75. The standard InChI is InChI=1S/C14H17N5O3S/c1-9-13(21)19(15)14(18-17-9)23-8-12(20)16-7-10-4-3-5-11(6-10)22-2/h3-6H,7-8,15H2,1-2H3,(H,16,20). The van der Waals surface area contributed by atoms with Gasteiger partial charge in [0, 0.05) is 6.54 Å². The summed E-state index contributed by atoms with van der Waals surface area (Å²) in [5.41, 5.74) is 0.701. The molecule has 23 heavy (non-hydrogen) atoms. The zero-order valence-electron chi connectivity index (χ0n) is 12.8. The van der Waals surface area contributed by atoms with E-state index in [-0.39, 0.29) is 22.5 Å². The summed E-state index contributed by atoms with van der Waals surface area (Å²) < 4.78 is 6.01. The molecule has 0 aliphatic heterocycles. The molecule has 0 saturated heterocycles. The fourth-order valence-corrected chi connectivity index (χ4v) is 2.42. The van der Waals surface area contributed by atoms with Crippen LogP contribution >= 0.6 is 11.8 Å². The van der Waals surface area contributed by atoms with Crippen molar-refractivity contribution >= 4 is 17.7 Å². The third-order valence-electron chi connectivity index (χ3n) is 2.98. The molecule has 2 aromatic rings. The summed E-state index contributed by atoms with van der Waals surface area (Å²) in [4.78, 5) is 23.5. The Morgan fingerprint density at radius 2 is 2.22 bits per heavy atom. The number of nitrogens with zero attached hydrogens (tertiary/aromatic N) is 3. The van der Waals surface area contributed by atoms with Crippen molar-refractivity contribution in [2.45, 2.75) is 18.6 Å². The number of benzene rings is 1. The first-order chi connectivity index (χ1) is 11.0. The van der Waals surface area contributed by atoms with Gasteiger partial charge in [-0.3, -0.25) is 9.59 Å². The number of aryl methyl sites for hydroxylation is 1. The second kappa shape index (κ2) is 7.63. The maximum atomic E-state index is 11.9. The van der Waals surface area contributed by atoms with Crippen LogP contribution in [0, 0.1) is 6.92 Å². The normalized spacial score (nSPS) is 10.3. The van der Waals surface area contributed by atoms with Gasteiger partial charge in [-0.1, -0.05) is 23.9 Å². The first-order valence-corrected chi connectivity index (χ1v) is 7.73. The van der Waals surface area contributed by atoms with Crippen LogP contribution in [0.4, 0.5) is 0 Å². The maximum Gasteiger partial charge on any atom is 0.294 e. The smallest absolute Gasteiger partial charge is 0.294 e. The van der Waals surface area contributed by atoms with Crippen LogP contribution in [0.1, 0.15) is 11.3 Å². The number of thioether (sulfide) groups is 1. The number of methoxy groups -OCH3 is 1. The van der Waals surface area contributed by atoms with E-state index in [1.54, 1.807) is 7.11 Å². The quantitative estimate of drug-likeness (QED) is 0.568. The number of nitrogens with two attached hydrogens (primary N) is 1. The zero-order valence-corrected chi connectivity index (χ0v) is 13.6. The third-order valence-corrected chi connectivity index (χ3v) is 3.92. The minimum absolute atomic E-state index is 0.0817. The van der Waals surface area contributed by atoms with Crippen LogP contribution in [-0.2, 0) is 11.3 Å². The molecular formula is C14H17N5O3S. The molecule has 0 aliphatic rings. The lowest BCUT2D eigenvalue weighted by Crippen LogP contribution is -2.33. The Kier molecular flexibility index (Phi) is 5.58. The van der Waals surface area contributed by atoms with Crippen molar-refractivity contribution in [2.24, 2.45) is 0 Å². The number of aromatic nitrogens is 3. The van der Waals surface area contributed by atoms with Gasteiger partial charge in [0.05, 0.1) is 12.9 Å². The lowest BCUT2D eigenvalue weighted by molar-refractivity contribution is -0.118. The molecule has 0 saturated carbocycles. The lowest BCUT2D eigenvalue weighted by Gasteiger charge is -2.08. The number of amides is 1. The first kappa shape index (κ1) is 16.8. The van der Waals surface area contributed by atoms with Gasteiger partial charge in [-0.25, -0.2) is 0 Å². The fourth-order valence-electron chi connectivity index (χ4n) is 1.73. The van der Waals surface area contributed by atoms with E-state index < -0.39 is 5.56 Å². The van der Waals surface area contributed by atoms with E-state index in [0.29, 0.717) is 6.54 Å². The highest BCUT2D eigenvalue weighted by Crippen LogP contribution is 2.13. The van der Waals surface area contributed by atoms with Crippen LogP contribution in [0.25, 0.3) is 0 Å². The van der Waals surface area contributed by atoms with Gasteiger partial charge >= 0.3 is 0 Å². The number of hydrogen-bond donors (Lipinski definition) is 2. The average Bonchev–Trinajstić information content (AvgIpc) is 2.57. The number of nitrogen functional groups attached to an aromatic ring is 1. The van der Waals surface area contributed by atoms with Crippen LogP contribution < -0.4 is 21.5 Å². The molecule has 0 atom stereocenters. The predicted octanol–water partition coefficient (Wildman–Crippen LogP) is 0.0776.